The van der Waals surface area contributed by atoms with Gasteiger partial charge in [-0.1, -0.05) is 12.1 Å². The highest BCUT2D eigenvalue weighted by Gasteiger charge is 1.99. The Kier molecular flexibility index (Phi) is 1.13. The van der Waals surface area contributed by atoms with Crippen molar-refractivity contribution in [3.05, 3.63) is 35.8 Å². The molecular weight excluding hydrogens is 138 g/mol. The Hall–Kier alpha value is -1.82. The number of hydrogen-bond donors (Lipinski definition) is 1. The van der Waals surface area contributed by atoms with Crippen LogP contribution in [0, 0.1) is 6.57 Å². The molecule has 2 aromatic rings. The Bertz CT molecular complexity index is 422. The standard InChI is InChI=1S/C8H5N3/c1-9-7-3-2-4-8-6(7)5-10-11-8/h2-5H,(H,10,11). The van der Waals surface area contributed by atoms with Crippen LogP contribution in [0.2, 0.25) is 0 Å². The van der Waals surface area contributed by atoms with Crippen molar-refractivity contribution in [3.8, 4) is 0 Å². The van der Waals surface area contributed by atoms with Crippen LogP contribution in [0.4, 0.5) is 5.69 Å². The maximum Gasteiger partial charge on any atom is 0.198 e. The minimum Gasteiger partial charge on any atom is -0.279 e. The second kappa shape index (κ2) is 2.10. The predicted molar refractivity (Wildman–Crippen MR) is 42.4 cm³/mol. The average Bonchev–Trinajstić information content (AvgIpc) is 2.50. The van der Waals surface area contributed by atoms with Crippen molar-refractivity contribution in [3.63, 3.8) is 0 Å². The summed E-state index contributed by atoms with van der Waals surface area (Å²) < 4.78 is 0. The van der Waals surface area contributed by atoms with Crippen molar-refractivity contribution in [1.29, 1.82) is 0 Å². The monoisotopic (exact) mass is 143 g/mol. The summed E-state index contributed by atoms with van der Waals surface area (Å²) >= 11 is 0. The molecular formula is C8H5N3. The van der Waals surface area contributed by atoms with Gasteiger partial charge in [0.15, 0.2) is 5.69 Å². The normalized spacial score (nSPS) is 9.73. The Morgan fingerprint density at radius 2 is 2.36 bits per heavy atom. The zero-order valence-electron chi connectivity index (χ0n) is 5.70. The smallest absolute Gasteiger partial charge is 0.198 e. The second-order valence-electron chi connectivity index (χ2n) is 2.22. The summed E-state index contributed by atoms with van der Waals surface area (Å²) in [4.78, 5) is 3.36. The summed E-state index contributed by atoms with van der Waals surface area (Å²) in [5.74, 6) is 0. The first-order chi connectivity index (χ1) is 5.42. The molecule has 0 atom stereocenters. The number of nitrogens with zero attached hydrogens (tertiary/aromatic N) is 2. The molecule has 0 aliphatic heterocycles. The fourth-order valence-electron chi connectivity index (χ4n) is 1.05. The van der Waals surface area contributed by atoms with Gasteiger partial charge in [-0.3, -0.25) is 5.10 Å². The molecule has 0 amide bonds. The van der Waals surface area contributed by atoms with Crippen molar-refractivity contribution >= 4 is 16.6 Å². The highest BCUT2D eigenvalue weighted by molar-refractivity contribution is 5.91. The summed E-state index contributed by atoms with van der Waals surface area (Å²) in [6, 6.07) is 5.52. The molecule has 0 spiro atoms. The predicted octanol–water partition coefficient (Wildman–Crippen LogP) is 2.11. The van der Waals surface area contributed by atoms with Crippen molar-refractivity contribution in [1.82, 2.24) is 10.2 Å². The van der Waals surface area contributed by atoms with Gasteiger partial charge in [-0.2, -0.15) is 5.10 Å². The van der Waals surface area contributed by atoms with Crippen molar-refractivity contribution in [2.45, 2.75) is 0 Å². The number of benzene rings is 1. The van der Waals surface area contributed by atoms with Crippen LogP contribution >= 0.6 is 0 Å². The van der Waals surface area contributed by atoms with E-state index in [4.69, 9.17) is 6.57 Å². The molecule has 1 aromatic heterocycles. The van der Waals surface area contributed by atoms with Gasteiger partial charge in [-0.25, -0.2) is 4.85 Å². The summed E-state index contributed by atoms with van der Waals surface area (Å²) in [7, 11) is 0. The van der Waals surface area contributed by atoms with Gasteiger partial charge in [0.2, 0.25) is 0 Å². The van der Waals surface area contributed by atoms with Gasteiger partial charge in [-0.05, 0) is 6.07 Å². The van der Waals surface area contributed by atoms with E-state index in [0.717, 1.165) is 10.9 Å². The van der Waals surface area contributed by atoms with Gasteiger partial charge in [0, 0.05) is 11.6 Å². The first-order valence-electron chi connectivity index (χ1n) is 3.21. The maximum absolute atomic E-state index is 6.85. The van der Waals surface area contributed by atoms with Gasteiger partial charge >= 0.3 is 0 Å². The van der Waals surface area contributed by atoms with Gasteiger partial charge in [-0.15, -0.1) is 0 Å². The minimum absolute atomic E-state index is 0.649. The second-order valence-corrected chi connectivity index (χ2v) is 2.22. The molecule has 2 rings (SSSR count). The highest BCUT2D eigenvalue weighted by Crippen LogP contribution is 2.23. The van der Waals surface area contributed by atoms with Gasteiger partial charge in [0.25, 0.3) is 0 Å². The van der Waals surface area contributed by atoms with Gasteiger partial charge in [0.1, 0.15) is 0 Å². The SMILES string of the molecule is [C-]#[N+]c1cccc2[nH]ncc12. The van der Waals surface area contributed by atoms with Crippen molar-refractivity contribution in [2.75, 3.05) is 0 Å². The molecule has 0 aliphatic carbocycles. The van der Waals surface area contributed by atoms with Crippen LogP contribution in [0.3, 0.4) is 0 Å². The third-order valence-electron chi connectivity index (χ3n) is 1.58. The topological polar surface area (TPSA) is 33.0 Å². The molecule has 0 aliphatic rings. The molecule has 0 unspecified atom stereocenters. The molecule has 0 saturated carbocycles. The van der Waals surface area contributed by atoms with E-state index in [-0.39, 0.29) is 0 Å². The minimum atomic E-state index is 0.649. The quantitative estimate of drug-likeness (QED) is 0.563. The summed E-state index contributed by atoms with van der Waals surface area (Å²) in [6.07, 6.45) is 1.67. The van der Waals surface area contributed by atoms with E-state index < -0.39 is 0 Å². The molecule has 1 N–H and O–H groups in total. The van der Waals surface area contributed by atoms with Crippen LogP contribution in [0.25, 0.3) is 15.7 Å². The molecule has 11 heavy (non-hydrogen) atoms. The fourth-order valence-corrected chi connectivity index (χ4v) is 1.05. The van der Waals surface area contributed by atoms with Gasteiger partial charge < -0.3 is 0 Å². The van der Waals surface area contributed by atoms with Crippen molar-refractivity contribution in [2.24, 2.45) is 0 Å². The lowest BCUT2D eigenvalue weighted by atomic mass is 10.2. The molecule has 1 aromatic carbocycles. The van der Waals surface area contributed by atoms with Crippen LogP contribution in [-0.4, -0.2) is 10.2 Å². The third kappa shape index (κ3) is 0.767. The summed E-state index contributed by atoms with van der Waals surface area (Å²) in [5.41, 5.74) is 1.56. The number of aromatic amines is 1. The highest BCUT2D eigenvalue weighted by atomic mass is 15.1. The molecule has 0 saturated heterocycles. The number of aromatic nitrogens is 2. The van der Waals surface area contributed by atoms with Crippen LogP contribution in [0.1, 0.15) is 0 Å². The Balaban J connectivity index is 2.92. The van der Waals surface area contributed by atoms with Crippen LogP contribution in [0.15, 0.2) is 24.4 Å². The van der Waals surface area contributed by atoms with E-state index in [9.17, 15) is 0 Å². The van der Waals surface area contributed by atoms with Crippen LogP contribution < -0.4 is 0 Å². The maximum atomic E-state index is 6.85. The number of rotatable bonds is 0. The van der Waals surface area contributed by atoms with Crippen molar-refractivity contribution < 1.29 is 0 Å². The van der Waals surface area contributed by atoms with E-state index in [2.05, 4.69) is 15.0 Å². The molecule has 0 bridgehead atoms. The third-order valence-corrected chi connectivity index (χ3v) is 1.58. The molecule has 0 fully saturated rings. The van der Waals surface area contributed by atoms with E-state index >= 15 is 0 Å². The van der Waals surface area contributed by atoms with Crippen LogP contribution in [0.5, 0.6) is 0 Å². The molecule has 0 radical (unpaired) electrons. The molecule has 3 heteroatoms. The zero-order chi connectivity index (χ0) is 7.68. The summed E-state index contributed by atoms with van der Waals surface area (Å²) in [5, 5.41) is 7.53. The first kappa shape index (κ1) is 5.93. The van der Waals surface area contributed by atoms with E-state index in [1.54, 1.807) is 12.3 Å². The lowest BCUT2D eigenvalue weighted by Gasteiger charge is -1.88. The number of H-pyrrole nitrogens is 1. The lowest BCUT2D eigenvalue weighted by molar-refractivity contribution is 1.12. The molecule has 3 nitrogen and oxygen atoms in total. The lowest BCUT2D eigenvalue weighted by Crippen LogP contribution is -1.65. The van der Waals surface area contributed by atoms with E-state index in [1.807, 2.05) is 12.1 Å². The van der Waals surface area contributed by atoms with Gasteiger partial charge in [0.05, 0.1) is 12.1 Å². The Labute approximate surface area is 63.5 Å². The number of fused-ring (bicyclic) bond motifs is 1. The fraction of sp³-hybridized carbons (Fsp3) is 0. The molecule has 52 valence electrons. The van der Waals surface area contributed by atoms with E-state index in [0.29, 0.717) is 5.69 Å². The number of nitrogens with one attached hydrogen (secondary N) is 1. The first-order valence-corrected chi connectivity index (χ1v) is 3.21. The Morgan fingerprint density at radius 3 is 3.18 bits per heavy atom. The zero-order valence-corrected chi connectivity index (χ0v) is 5.70. The van der Waals surface area contributed by atoms with E-state index in [1.165, 1.54) is 0 Å². The summed E-state index contributed by atoms with van der Waals surface area (Å²) in [6.45, 7) is 6.85. The number of hydrogen-bond acceptors (Lipinski definition) is 1. The van der Waals surface area contributed by atoms with Crippen LogP contribution in [-0.2, 0) is 0 Å². The Morgan fingerprint density at radius 1 is 1.45 bits per heavy atom. The molecule has 1 heterocycles. The largest absolute Gasteiger partial charge is 0.279 e. The average molecular weight is 143 g/mol.